The average molecular weight is 462 g/mol. The zero-order valence-corrected chi connectivity index (χ0v) is 19.4. The minimum atomic E-state index is -4.01. The molecule has 1 N–H and O–H groups in total. The summed E-state index contributed by atoms with van der Waals surface area (Å²) < 4.78 is 28.0. The number of sulfonamides is 1. The summed E-state index contributed by atoms with van der Waals surface area (Å²) in [6.07, 6.45) is 3.89. The van der Waals surface area contributed by atoms with Gasteiger partial charge >= 0.3 is 0 Å². The molecule has 166 valence electrons. The Kier molecular flexibility index (Phi) is 7.41. The second-order valence-corrected chi connectivity index (χ2v) is 10.00. The molecule has 6 nitrogen and oxygen atoms in total. The Morgan fingerprint density at radius 2 is 1.94 bits per heavy atom. The first kappa shape index (κ1) is 23.3. The van der Waals surface area contributed by atoms with Gasteiger partial charge in [0.25, 0.3) is 15.9 Å². The standard InChI is InChI=1S/C23H28ClN3O3S/c1-4-14-27(20-8-6-5-7-9-20)31(29,30)22-15-18(10-13-21(22)24)23(28)25-16-17(2)26(3)19-11-12-19/h4-10,13,15,17,19H,1,11-12,14,16H2,2-3H3,(H,25,28). The highest BCUT2D eigenvalue weighted by molar-refractivity contribution is 7.93. The molecule has 1 aliphatic carbocycles. The molecule has 1 amide bonds. The molecule has 31 heavy (non-hydrogen) atoms. The minimum Gasteiger partial charge on any atom is -0.350 e. The predicted octanol–water partition coefficient (Wildman–Crippen LogP) is 3.93. The van der Waals surface area contributed by atoms with Crippen molar-refractivity contribution in [3.05, 3.63) is 71.8 Å². The smallest absolute Gasteiger partial charge is 0.266 e. The van der Waals surface area contributed by atoms with E-state index in [4.69, 9.17) is 11.6 Å². The summed E-state index contributed by atoms with van der Waals surface area (Å²) in [5.41, 5.74) is 0.737. The molecule has 0 bridgehead atoms. The van der Waals surface area contributed by atoms with E-state index in [0.717, 1.165) is 0 Å². The van der Waals surface area contributed by atoms with Crippen LogP contribution >= 0.6 is 11.6 Å². The summed E-state index contributed by atoms with van der Waals surface area (Å²) >= 11 is 6.26. The van der Waals surface area contributed by atoms with Crippen LogP contribution in [0.15, 0.2) is 66.1 Å². The number of benzene rings is 2. The molecule has 8 heteroatoms. The first-order valence-corrected chi connectivity index (χ1v) is 12.1. The highest BCUT2D eigenvalue weighted by atomic mass is 35.5. The maximum absolute atomic E-state index is 13.4. The van der Waals surface area contributed by atoms with Gasteiger partial charge < -0.3 is 5.32 Å². The van der Waals surface area contributed by atoms with Gasteiger partial charge in [-0.3, -0.25) is 14.0 Å². The average Bonchev–Trinajstić information content (AvgIpc) is 3.61. The van der Waals surface area contributed by atoms with Crippen LogP contribution in [0.25, 0.3) is 0 Å². The molecule has 2 aromatic carbocycles. The number of hydrogen-bond donors (Lipinski definition) is 1. The summed E-state index contributed by atoms with van der Waals surface area (Å²) in [6, 6.07) is 13.8. The Labute approximate surface area is 189 Å². The summed E-state index contributed by atoms with van der Waals surface area (Å²) in [6.45, 7) is 6.27. The Balaban J connectivity index is 1.83. The lowest BCUT2D eigenvalue weighted by molar-refractivity contribution is 0.0939. The first-order chi connectivity index (χ1) is 14.8. The number of amides is 1. The van der Waals surface area contributed by atoms with E-state index in [1.54, 1.807) is 24.3 Å². The molecule has 0 aliphatic heterocycles. The second kappa shape index (κ2) is 9.85. The number of carbonyl (C=O) groups is 1. The van der Waals surface area contributed by atoms with Crippen molar-refractivity contribution in [1.29, 1.82) is 0 Å². The van der Waals surface area contributed by atoms with Gasteiger partial charge in [-0.1, -0.05) is 35.9 Å². The van der Waals surface area contributed by atoms with Gasteiger partial charge in [-0.25, -0.2) is 8.42 Å². The number of rotatable bonds is 10. The van der Waals surface area contributed by atoms with E-state index in [0.29, 0.717) is 18.3 Å². The highest BCUT2D eigenvalue weighted by Crippen LogP contribution is 2.30. The van der Waals surface area contributed by atoms with Crippen molar-refractivity contribution in [2.45, 2.75) is 36.7 Å². The lowest BCUT2D eigenvalue weighted by atomic mass is 10.2. The van der Waals surface area contributed by atoms with Crippen LogP contribution in [0.5, 0.6) is 0 Å². The van der Waals surface area contributed by atoms with Crippen molar-refractivity contribution in [2.24, 2.45) is 0 Å². The molecule has 0 saturated heterocycles. The predicted molar refractivity (Wildman–Crippen MR) is 125 cm³/mol. The van der Waals surface area contributed by atoms with Crippen LogP contribution < -0.4 is 9.62 Å². The van der Waals surface area contributed by atoms with Gasteiger partial charge in [0.1, 0.15) is 4.90 Å². The van der Waals surface area contributed by atoms with Crippen molar-refractivity contribution in [3.8, 4) is 0 Å². The van der Waals surface area contributed by atoms with Crippen LogP contribution in [0.1, 0.15) is 30.1 Å². The monoisotopic (exact) mass is 461 g/mol. The molecule has 1 atom stereocenters. The van der Waals surface area contributed by atoms with Crippen LogP contribution in [0.4, 0.5) is 5.69 Å². The van der Waals surface area contributed by atoms with E-state index in [2.05, 4.69) is 30.8 Å². The Morgan fingerprint density at radius 1 is 1.26 bits per heavy atom. The van der Waals surface area contributed by atoms with E-state index in [9.17, 15) is 13.2 Å². The van der Waals surface area contributed by atoms with Gasteiger partial charge in [0.15, 0.2) is 0 Å². The zero-order valence-electron chi connectivity index (χ0n) is 17.8. The van der Waals surface area contributed by atoms with Gasteiger partial charge in [0, 0.05) is 24.2 Å². The molecule has 0 spiro atoms. The number of anilines is 1. The second-order valence-electron chi connectivity index (χ2n) is 7.76. The van der Waals surface area contributed by atoms with Crippen LogP contribution in [0.3, 0.4) is 0 Å². The molecule has 0 heterocycles. The van der Waals surface area contributed by atoms with Crippen LogP contribution in [0, 0.1) is 0 Å². The van der Waals surface area contributed by atoms with E-state index >= 15 is 0 Å². The third-order valence-corrected chi connectivity index (χ3v) is 7.75. The van der Waals surface area contributed by atoms with Crippen molar-refractivity contribution < 1.29 is 13.2 Å². The van der Waals surface area contributed by atoms with Gasteiger partial charge in [-0.2, -0.15) is 0 Å². The van der Waals surface area contributed by atoms with E-state index in [1.165, 1.54) is 41.4 Å². The van der Waals surface area contributed by atoms with Gasteiger partial charge in [0.2, 0.25) is 0 Å². The topological polar surface area (TPSA) is 69.7 Å². The lowest BCUT2D eigenvalue weighted by Gasteiger charge is -2.25. The summed E-state index contributed by atoms with van der Waals surface area (Å²) in [4.78, 5) is 14.9. The van der Waals surface area contributed by atoms with E-state index in [-0.39, 0.29) is 34.0 Å². The number of nitrogens with zero attached hydrogens (tertiary/aromatic N) is 2. The van der Waals surface area contributed by atoms with Crippen LogP contribution in [-0.2, 0) is 10.0 Å². The van der Waals surface area contributed by atoms with Crippen molar-refractivity contribution >= 4 is 33.2 Å². The zero-order chi connectivity index (χ0) is 22.6. The molecule has 1 saturated carbocycles. The first-order valence-electron chi connectivity index (χ1n) is 10.2. The van der Waals surface area contributed by atoms with E-state index < -0.39 is 10.0 Å². The number of carbonyl (C=O) groups excluding carboxylic acids is 1. The molecule has 1 unspecified atom stereocenters. The Morgan fingerprint density at radius 3 is 2.55 bits per heavy atom. The SMILES string of the molecule is C=CCN(c1ccccc1)S(=O)(=O)c1cc(C(=O)NCC(C)N(C)C2CC2)ccc1Cl. The third-order valence-electron chi connectivity index (χ3n) is 5.48. The van der Waals surface area contributed by atoms with Crippen molar-refractivity contribution in [3.63, 3.8) is 0 Å². The largest absolute Gasteiger partial charge is 0.350 e. The van der Waals surface area contributed by atoms with Gasteiger partial charge in [0.05, 0.1) is 17.3 Å². The fourth-order valence-electron chi connectivity index (χ4n) is 3.34. The molecule has 1 aliphatic rings. The normalized spacial score (nSPS) is 14.8. The maximum atomic E-state index is 13.4. The lowest BCUT2D eigenvalue weighted by Crippen LogP contribution is -2.41. The van der Waals surface area contributed by atoms with Crippen LogP contribution in [-0.4, -0.2) is 51.4 Å². The molecule has 0 aromatic heterocycles. The quantitative estimate of drug-likeness (QED) is 0.544. The van der Waals surface area contributed by atoms with Gasteiger partial charge in [-0.05, 0) is 57.1 Å². The number of likely N-dealkylation sites (N-methyl/N-ethyl adjacent to an activating group) is 1. The molecule has 0 radical (unpaired) electrons. The molecule has 1 fully saturated rings. The summed E-state index contributed by atoms with van der Waals surface area (Å²) in [5.74, 6) is -0.334. The van der Waals surface area contributed by atoms with Crippen molar-refractivity contribution in [1.82, 2.24) is 10.2 Å². The molecule has 3 rings (SSSR count). The molecule has 2 aromatic rings. The number of para-hydroxylation sites is 1. The Hall–Kier alpha value is -2.35. The third kappa shape index (κ3) is 5.47. The fourth-order valence-corrected chi connectivity index (χ4v) is 5.28. The van der Waals surface area contributed by atoms with Crippen LogP contribution in [0.2, 0.25) is 5.02 Å². The van der Waals surface area contributed by atoms with E-state index in [1.807, 2.05) is 6.07 Å². The highest BCUT2D eigenvalue weighted by Gasteiger charge is 2.30. The van der Waals surface area contributed by atoms with Gasteiger partial charge in [-0.15, -0.1) is 6.58 Å². The fraction of sp³-hybridized carbons (Fsp3) is 0.348. The maximum Gasteiger partial charge on any atom is 0.266 e. The summed E-state index contributed by atoms with van der Waals surface area (Å²) in [7, 11) is -1.95. The number of halogens is 1. The minimum absolute atomic E-state index is 0.0587. The Bertz CT molecular complexity index is 1040. The number of hydrogen-bond acceptors (Lipinski definition) is 4. The molecular formula is C23H28ClN3O3S. The molecular weight excluding hydrogens is 434 g/mol. The summed E-state index contributed by atoms with van der Waals surface area (Å²) in [5, 5.41) is 2.96. The number of nitrogens with one attached hydrogen (secondary N) is 1. The van der Waals surface area contributed by atoms with Crippen molar-refractivity contribution in [2.75, 3.05) is 24.4 Å².